The average molecular weight is 701 g/mol. The summed E-state index contributed by atoms with van der Waals surface area (Å²) < 4.78 is 2.33. The average Bonchev–Trinajstić information content (AvgIpc) is 3.60. The van der Waals surface area contributed by atoms with Crippen LogP contribution in [-0.4, -0.2) is 19.5 Å². The zero-order valence-corrected chi connectivity index (χ0v) is 29.8. The molecule has 0 amide bonds. The summed E-state index contributed by atoms with van der Waals surface area (Å²) in [6.07, 6.45) is 0. The Morgan fingerprint density at radius 1 is 0.291 bits per heavy atom. The molecule has 256 valence electrons. The first-order valence-electron chi connectivity index (χ1n) is 18.6. The molecule has 11 aromatic rings. The molecule has 0 radical (unpaired) electrons. The van der Waals surface area contributed by atoms with Crippen molar-refractivity contribution in [2.75, 3.05) is 0 Å². The van der Waals surface area contributed by atoms with E-state index in [9.17, 15) is 0 Å². The Bertz CT molecular complexity index is 3180. The van der Waals surface area contributed by atoms with Gasteiger partial charge in [-0.1, -0.05) is 152 Å². The van der Waals surface area contributed by atoms with Crippen molar-refractivity contribution in [1.29, 1.82) is 0 Å². The Kier molecular flexibility index (Phi) is 7.14. The molecular weight excluding hydrogens is 669 g/mol. The van der Waals surface area contributed by atoms with Crippen LogP contribution in [0, 0.1) is 0 Å². The molecular formula is C51H32N4. The van der Waals surface area contributed by atoms with Crippen LogP contribution in [0.1, 0.15) is 0 Å². The van der Waals surface area contributed by atoms with Gasteiger partial charge in [0.25, 0.3) is 0 Å². The van der Waals surface area contributed by atoms with E-state index in [2.05, 4.69) is 168 Å². The van der Waals surface area contributed by atoms with Gasteiger partial charge in [0, 0.05) is 33.2 Å². The number of hydrogen-bond donors (Lipinski definition) is 0. The summed E-state index contributed by atoms with van der Waals surface area (Å²) in [4.78, 5) is 15.2. The van der Waals surface area contributed by atoms with E-state index in [0.717, 1.165) is 27.9 Å². The first kappa shape index (κ1) is 31.1. The van der Waals surface area contributed by atoms with E-state index in [0.29, 0.717) is 17.5 Å². The van der Waals surface area contributed by atoms with Crippen LogP contribution in [0.15, 0.2) is 194 Å². The summed E-state index contributed by atoms with van der Waals surface area (Å²) in [5.41, 5.74) is 8.63. The maximum absolute atomic E-state index is 5.10. The van der Waals surface area contributed by atoms with E-state index in [1.165, 1.54) is 59.7 Å². The van der Waals surface area contributed by atoms with Crippen molar-refractivity contribution < 1.29 is 0 Å². The third-order valence-corrected chi connectivity index (χ3v) is 10.8. The predicted molar refractivity (Wildman–Crippen MR) is 228 cm³/mol. The molecule has 55 heavy (non-hydrogen) atoms. The van der Waals surface area contributed by atoms with Gasteiger partial charge in [0.2, 0.25) is 0 Å². The molecule has 0 fully saturated rings. The molecule has 4 heteroatoms. The van der Waals surface area contributed by atoms with Gasteiger partial charge in [0.05, 0.1) is 11.0 Å². The lowest BCUT2D eigenvalue weighted by Gasteiger charge is -2.14. The SMILES string of the molecule is c1ccc(-c2nc(-c3ccc(-c4c5ccccc5cc5c4ccc4ccccc45)cc3)nc(-c3ccc(-n4c5ccccc5c5ccccc54)cc3)n2)cc1. The molecule has 9 aromatic carbocycles. The number of rotatable bonds is 5. The van der Waals surface area contributed by atoms with Crippen LogP contribution in [0.3, 0.4) is 0 Å². The molecule has 4 nitrogen and oxygen atoms in total. The number of para-hydroxylation sites is 2. The second kappa shape index (κ2) is 12.6. The maximum atomic E-state index is 5.10. The Morgan fingerprint density at radius 3 is 1.40 bits per heavy atom. The van der Waals surface area contributed by atoms with E-state index in [1.807, 2.05) is 30.3 Å². The summed E-state index contributed by atoms with van der Waals surface area (Å²) >= 11 is 0. The third kappa shape index (κ3) is 5.19. The summed E-state index contributed by atoms with van der Waals surface area (Å²) in [6, 6.07) is 68.7. The first-order valence-corrected chi connectivity index (χ1v) is 18.6. The van der Waals surface area contributed by atoms with Crippen molar-refractivity contribution in [1.82, 2.24) is 19.5 Å². The Balaban J connectivity index is 1.03. The van der Waals surface area contributed by atoms with Gasteiger partial charge in [0.1, 0.15) is 0 Å². The Morgan fingerprint density at radius 2 is 0.764 bits per heavy atom. The van der Waals surface area contributed by atoms with Crippen molar-refractivity contribution in [2.24, 2.45) is 0 Å². The van der Waals surface area contributed by atoms with Crippen molar-refractivity contribution in [2.45, 2.75) is 0 Å². The minimum absolute atomic E-state index is 0.633. The predicted octanol–water partition coefficient (Wildman–Crippen LogP) is 13.1. The van der Waals surface area contributed by atoms with Crippen molar-refractivity contribution in [3.8, 4) is 51.0 Å². The van der Waals surface area contributed by atoms with Crippen LogP contribution in [-0.2, 0) is 0 Å². The fourth-order valence-electron chi connectivity index (χ4n) is 8.23. The molecule has 0 saturated heterocycles. The van der Waals surface area contributed by atoms with Gasteiger partial charge in [0.15, 0.2) is 17.5 Å². The van der Waals surface area contributed by atoms with Crippen LogP contribution in [0.2, 0.25) is 0 Å². The number of aromatic nitrogens is 4. The van der Waals surface area contributed by atoms with Gasteiger partial charge in [-0.3, -0.25) is 0 Å². The fourth-order valence-corrected chi connectivity index (χ4v) is 8.23. The molecule has 11 rings (SSSR count). The molecule has 0 aliphatic heterocycles. The fraction of sp³-hybridized carbons (Fsp3) is 0. The van der Waals surface area contributed by atoms with Crippen LogP contribution in [0.5, 0.6) is 0 Å². The molecule has 0 spiro atoms. The molecule has 0 saturated carbocycles. The lowest BCUT2D eigenvalue weighted by atomic mass is 9.89. The second-order valence-corrected chi connectivity index (χ2v) is 14.0. The number of nitrogens with zero attached hydrogens (tertiary/aromatic N) is 4. The lowest BCUT2D eigenvalue weighted by molar-refractivity contribution is 1.07. The molecule has 0 unspecified atom stereocenters. The topological polar surface area (TPSA) is 43.6 Å². The van der Waals surface area contributed by atoms with E-state index in [-0.39, 0.29) is 0 Å². The van der Waals surface area contributed by atoms with Crippen LogP contribution >= 0.6 is 0 Å². The van der Waals surface area contributed by atoms with Gasteiger partial charge in [-0.25, -0.2) is 15.0 Å². The quantitative estimate of drug-likeness (QED) is 0.133. The second-order valence-electron chi connectivity index (χ2n) is 14.0. The van der Waals surface area contributed by atoms with Gasteiger partial charge in [-0.15, -0.1) is 0 Å². The maximum Gasteiger partial charge on any atom is 0.164 e. The van der Waals surface area contributed by atoms with Crippen molar-refractivity contribution in [3.05, 3.63) is 194 Å². The standard InChI is InChI=1S/C51H32N4/c1-2-13-35(14-3-1)49-52-50(54-51(53-49)37-26-29-39(30-27-37)55-46-20-10-8-18-42(46)43-19-9-11-21-47(43)55)36-24-22-34(23-25-36)48-41-17-7-5-15-38(41)32-45-40-16-6-4-12-33(40)28-31-44(45)48/h1-32H. The molecule has 2 aromatic heterocycles. The Hall–Kier alpha value is -7.43. The highest BCUT2D eigenvalue weighted by Crippen LogP contribution is 2.40. The van der Waals surface area contributed by atoms with Crippen LogP contribution in [0.25, 0.3) is 105 Å². The normalized spacial score (nSPS) is 11.6. The van der Waals surface area contributed by atoms with E-state index >= 15 is 0 Å². The number of fused-ring (bicyclic) bond motifs is 7. The summed E-state index contributed by atoms with van der Waals surface area (Å²) in [5, 5.41) is 9.94. The smallest absolute Gasteiger partial charge is 0.164 e. The van der Waals surface area contributed by atoms with Crippen LogP contribution in [0.4, 0.5) is 0 Å². The molecule has 0 aliphatic rings. The van der Waals surface area contributed by atoms with Crippen LogP contribution < -0.4 is 0 Å². The molecule has 0 N–H and O–H groups in total. The molecule has 0 atom stereocenters. The van der Waals surface area contributed by atoms with Gasteiger partial charge in [-0.05, 0) is 85.9 Å². The van der Waals surface area contributed by atoms with E-state index in [4.69, 9.17) is 15.0 Å². The highest BCUT2D eigenvalue weighted by Gasteiger charge is 2.16. The highest BCUT2D eigenvalue weighted by molar-refractivity contribution is 6.20. The van der Waals surface area contributed by atoms with Crippen molar-refractivity contribution in [3.63, 3.8) is 0 Å². The minimum atomic E-state index is 0.633. The molecule has 0 bridgehead atoms. The van der Waals surface area contributed by atoms with Gasteiger partial charge < -0.3 is 4.57 Å². The monoisotopic (exact) mass is 700 g/mol. The van der Waals surface area contributed by atoms with Gasteiger partial charge in [-0.2, -0.15) is 0 Å². The number of benzene rings is 9. The number of hydrogen-bond acceptors (Lipinski definition) is 3. The van der Waals surface area contributed by atoms with Crippen molar-refractivity contribution >= 4 is 54.1 Å². The van der Waals surface area contributed by atoms with E-state index < -0.39 is 0 Å². The summed E-state index contributed by atoms with van der Waals surface area (Å²) in [7, 11) is 0. The molecule has 2 heterocycles. The minimum Gasteiger partial charge on any atom is -0.309 e. The zero-order valence-electron chi connectivity index (χ0n) is 29.8. The largest absolute Gasteiger partial charge is 0.309 e. The first-order chi connectivity index (χ1) is 27.3. The highest BCUT2D eigenvalue weighted by atomic mass is 15.0. The zero-order chi connectivity index (χ0) is 36.3. The lowest BCUT2D eigenvalue weighted by Crippen LogP contribution is -2.00. The van der Waals surface area contributed by atoms with Gasteiger partial charge >= 0.3 is 0 Å². The Labute approximate surface area is 317 Å². The summed E-state index contributed by atoms with van der Waals surface area (Å²) in [6.45, 7) is 0. The third-order valence-electron chi connectivity index (χ3n) is 10.8. The summed E-state index contributed by atoms with van der Waals surface area (Å²) in [5.74, 6) is 1.91. The molecule has 0 aliphatic carbocycles. The van der Waals surface area contributed by atoms with E-state index in [1.54, 1.807) is 0 Å².